The molecule has 0 atom stereocenters. The summed E-state index contributed by atoms with van der Waals surface area (Å²) in [4.78, 5) is 16.4. The zero-order chi connectivity index (χ0) is 9.68. The molecule has 0 N–H and O–H groups in total. The van der Waals surface area contributed by atoms with E-state index in [9.17, 15) is 4.79 Å². The Bertz CT molecular complexity index is 207. The Balaban J connectivity index is 2.34. The lowest BCUT2D eigenvalue weighted by molar-refractivity contribution is -0.200. The van der Waals surface area contributed by atoms with Crippen LogP contribution in [0, 0.1) is 0 Å². The largest absolute Gasteiger partial charge is 0.379 e. The zero-order valence-electron chi connectivity index (χ0n) is 8.08. The predicted octanol–water partition coefficient (Wildman–Crippen LogP) is 0.743. The minimum atomic E-state index is -0.274. The molecule has 4 nitrogen and oxygen atoms in total. The summed E-state index contributed by atoms with van der Waals surface area (Å²) in [5.74, 6) is -0.274. The summed E-state index contributed by atoms with van der Waals surface area (Å²) >= 11 is 0. The summed E-state index contributed by atoms with van der Waals surface area (Å²) in [6, 6.07) is 0. The molecule has 4 heteroatoms. The van der Waals surface area contributed by atoms with Crippen LogP contribution in [-0.2, 0) is 14.4 Å². The third-order valence-electron chi connectivity index (χ3n) is 1.94. The van der Waals surface area contributed by atoms with E-state index in [0.29, 0.717) is 31.9 Å². The highest BCUT2D eigenvalue weighted by atomic mass is 16.7. The lowest BCUT2D eigenvalue weighted by atomic mass is 10.3. The van der Waals surface area contributed by atoms with Crippen LogP contribution in [0.25, 0.3) is 0 Å². The topological polar surface area (TPSA) is 38.8 Å². The summed E-state index contributed by atoms with van der Waals surface area (Å²) in [5, 5.41) is 1.64. The van der Waals surface area contributed by atoms with Gasteiger partial charge in [0.15, 0.2) is 0 Å². The lowest BCUT2D eigenvalue weighted by Crippen LogP contribution is -2.38. The van der Waals surface area contributed by atoms with Crippen LogP contribution in [0.4, 0.5) is 0 Å². The molecule has 0 unspecified atom stereocenters. The van der Waals surface area contributed by atoms with Gasteiger partial charge in [-0.05, 0) is 13.8 Å². The molecule has 0 radical (unpaired) electrons. The van der Waals surface area contributed by atoms with Gasteiger partial charge in [-0.2, -0.15) is 0 Å². The first-order chi connectivity index (χ1) is 6.24. The maximum atomic E-state index is 11.3. The molecule has 1 fully saturated rings. The molecule has 0 aromatic carbocycles. The number of carbonyl (C=O) groups is 1. The molecule has 1 saturated heterocycles. The van der Waals surface area contributed by atoms with Crippen molar-refractivity contribution in [3.8, 4) is 0 Å². The van der Waals surface area contributed by atoms with Crippen LogP contribution in [0.1, 0.15) is 13.8 Å². The van der Waals surface area contributed by atoms with E-state index in [0.717, 1.165) is 0 Å². The fourth-order valence-electron chi connectivity index (χ4n) is 0.945. The molecule has 1 aliphatic rings. The third-order valence-corrected chi connectivity index (χ3v) is 1.94. The number of rotatable bonds is 2. The van der Waals surface area contributed by atoms with Gasteiger partial charge < -0.3 is 9.57 Å². The van der Waals surface area contributed by atoms with E-state index >= 15 is 0 Å². The van der Waals surface area contributed by atoms with E-state index < -0.39 is 0 Å². The van der Waals surface area contributed by atoms with Crippen LogP contribution in [0.2, 0.25) is 0 Å². The fraction of sp³-hybridized carbons (Fsp3) is 0.667. The summed E-state index contributed by atoms with van der Waals surface area (Å²) in [7, 11) is 0. The molecule has 0 bridgehead atoms. The van der Waals surface area contributed by atoms with E-state index in [1.165, 1.54) is 0 Å². The Morgan fingerprint density at radius 2 is 2.08 bits per heavy atom. The number of hydroxylamine groups is 2. The second-order valence-corrected chi connectivity index (χ2v) is 2.89. The minimum Gasteiger partial charge on any atom is -0.379 e. The summed E-state index contributed by atoms with van der Waals surface area (Å²) in [6.07, 6.45) is 1.74. The number of morpholine rings is 1. The second kappa shape index (κ2) is 4.99. The number of nitrogens with zero attached hydrogens (tertiary/aromatic N) is 1. The molecule has 0 aliphatic carbocycles. The quantitative estimate of drug-likeness (QED) is 0.595. The van der Waals surface area contributed by atoms with Crippen molar-refractivity contribution in [1.82, 2.24) is 5.06 Å². The smallest absolute Gasteiger partial charge is 0.352 e. The van der Waals surface area contributed by atoms with Crippen LogP contribution in [0.3, 0.4) is 0 Å². The predicted molar refractivity (Wildman–Crippen MR) is 47.9 cm³/mol. The third kappa shape index (κ3) is 3.16. The molecule has 0 spiro atoms. The van der Waals surface area contributed by atoms with Gasteiger partial charge in [0.05, 0.1) is 26.3 Å². The second-order valence-electron chi connectivity index (χ2n) is 2.89. The first kappa shape index (κ1) is 10.2. The number of allylic oxidation sites excluding steroid dienone is 1. The number of ether oxygens (including phenoxy) is 1. The van der Waals surface area contributed by atoms with E-state index in [-0.39, 0.29) is 5.97 Å². The minimum absolute atomic E-state index is 0.274. The van der Waals surface area contributed by atoms with Gasteiger partial charge in [-0.15, -0.1) is 5.06 Å². The first-order valence-corrected chi connectivity index (χ1v) is 4.42. The molecule has 0 aromatic heterocycles. The summed E-state index contributed by atoms with van der Waals surface area (Å²) in [5.41, 5.74) is 0.631. The molecule has 1 heterocycles. The lowest BCUT2D eigenvalue weighted by Gasteiger charge is -2.24. The van der Waals surface area contributed by atoms with Crippen molar-refractivity contribution in [2.24, 2.45) is 0 Å². The van der Waals surface area contributed by atoms with E-state index in [4.69, 9.17) is 9.57 Å². The molecule has 0 saturated carbocycles. The van der Waals surface area contributed by atoms with Crippen molar-refractivity contribution in [3.63, 3.8) is 0 Å². The van der Waals surface area contributed by atoms with Gasteiger partial charge in [-0.3, -0.25) is 0 Å². The van der Waals surface area contributed by atoms with E-state index in [1.807, 2.05) is 6.92 Å². The average Bonchev–Trinajstić information content (AvgIpc) is 2.18. The van der Waals surface area contributed by atoms with Crippen molar-refractivity contribution in [2.75, 3.05) is 26.3 Å². The first-order valence-electron chi connectivity index (χ1n) is 4.42. The van der Waals surface area contributed by atoms with Crippen molar-refractivity contribution in [3.05, 3.63) is 11.6 Å². The highest BCUT2D eigenvalue weighted by molar-refractivity contribution is 5.87. The molecular weight excluding hydrogens is 170 g/mol. The number of hydrogen-bond acceptors (Lipinski definition) is 4. The van der Waals surface area contributed by atoms with Crippen molar-refractivity contribution < 1.29 is 14.4 Å². The Labute approximate surface area is 78.1 Å². The monoisotopic (exact) mass is 185 g/mol. The van der Waals surface area contributed by atoms with Gasteiger partial charge in [-0.1, -0.05) is 6.08 Å². The average molecular weight is 185 g/mol. The van der Waals surface area contributed by atoms with Gasteiger partial charge in [0.1, 0.15) is 0 Å². The highest BCUT2D eigenvalue weighted by Gasteiger charge is 2.15. The van der Waals surface area contributed by atoms with Gasteiger partial charge >= 0.3 is 5.97 Å². The van der Waals surface area contributed by atoms with Crippen molar-refractivity contribution in [2.45, 2.75) is 13.8 Å². The number of hydrogen-bond donors (Lipinski definition) is 0. The molecule has 74 valence electrons. The Hall–Kier alpha value is -0.870. The molecular formula is C9H15NO3. The molecule has 1 aliphatic heterocycles. The van der Waals surface area contributed by atoms with Gasteiger partial charge in [0.2, 0.25) is 0 Å². The Morgan fingerprint density at radius 1 is 1.46 bits per heavy atom. The van der Waals surface area contributed by atoms with Crippen molar-refractivity contribution >= 4 is 5.97 Å². The van der Waals surface area contributed by atoms with Crippen LogP contribution < -0.4 is 0 Å². The van der Waals surface area contributed by atoms with Gasteiger partial charge in [0, 0.05) is 5.57 Å². The summed E-state index contributed by atoms with van der Waals surface area (Å²) in [6.45, 7) is 6.12. The van der Waals surface area contributed by atoms with Gasteiger partial charge in [0.25, 0.3) is 0 Å². The van der Waals surface area contributed by atoms with Crippen LogP contribution in [0.5, 0.6) is 0 Å². The van der Waals surface area contributed by atoms with Crippen molar-refractivity contribution in [1.29, 1.82) is 0 Å². The van der Waals surface area contributed by atoms with E-state index in [1.54, 1.807) is 18.1 Å². The Morgan fingerprint density at radius 3 is 2.62 bits per heavy atom. The molecule has 1 rings (SSSR count). The highest BCUT2D eigenvalue weighted by Crippen LogP contribution is 2.02. The fourth-order valence-corrected chi connectivity index (χ4v) is 0.945. The molecule has 0 amide bonds. The standard InChI is InChI=1S/C9H15NO3/c1-3-8(2)9(11)13-10-4-6-12-7-5-10/h3H,4-7H2,1-2H3. The van der Waals surface area contributed by atoms with Gasteiger partial charge in [-0.25, -0.2) is 4.79 Å². The van der Waals surface area contributed by atoms with Crippen LogP contribution in [0.15, 0.2) is 11.6 Å². The maximum Gasteiger partial charge on any atom is 0.352 e. The Kier molecular flexibility index (Phi) is 3.92. The zero-order valence-corrected chi connectivity index (χ0v) is 8.08. The molecule has 0 aromatic rings. The SMILES string of the molecule is CC=C(C)C(=O)ON1CCOCC1. The van der Waals surface area contributed by atoms with Crippen LogP contribution in [-0.4, -0.2) is 37.3 Å². The maximum absolute atomic E-state index is 11.3. The summed E-state index contributed by atoms with van der Waals surface area (Å²) < 4.78 is 5.12. The molecule has 13 heavy (non-hydrogen) atoms. The normalized spacial score (nSPS) is 20.0. The number of carbonyl (C=O) groups excluding carboxylic acids is 1. The van der Waals surface area contributed by atoms with Crippen LogP contribution >= 0.6 is 0 Å². The van der Waals surface area contributed by atoms with E-state index in [2.05, 4.69) is 0 Å².